The molecule has 3 aliphatic rings. The Bertz CT molecular complexity index is 1090. The molecule has 0 radical (unpaired) electrons. The summed E-state index contributed by atoms with van der Waals surface area (Å²) in [5.41, 5.74) is 0.962. The second-order valence-corrected chi connectivity index (χ2v) is 10.8. The van der Waals surface area contributed by atoms with Crippen LogP contribution in [-0.2, 0) is 20.6 Å². The molecule has 1 aromatic carbocycles. The molecular weight excluding hydrogens is 432 g/mol. The number of carbonyl (C=O) groups is 2. The van der Waals surface area contributed by atoms with E-state index in [4.69, 9.17) is 0 Å². The molecule has 9 nitrogen and oxygen atoms in total. The third-order valence-corrected chi connectivity index (χ3v) is 8.32. The fourth-order valence-corrected chi connectivity index (χ4v) is 6.36. The van der Waals surface area contributed by atoms with E-state index in [-0.39, 0.29) is 17.8 Å². The van der Waals surface area contributed by atoms with Crippen molar-refractivity contribution in [1.82, 2.24) is 14.1 Å². The second-order valence-electron chi connectivity index (χ2n) is 8.82. The third kappa shape index (κ3) is 4.04. The quantitative estimate of drug-likeness (QED) is 0.700. The molecule has 2 saturated heterocycles. The van der Waals surface area contributed by atoms with Gasteiger partial charge >= 0.3 is 12.0 Å². The van der Waals surface area contributed by atoms with E-state index < -0.39 is 28.1 Å². The van der Waals surface area contributed by atoms with Gasteiger partial charge in [-0.15, -0.1) is 0 Å². The zero-order valence-corrected chi connectivity index (χ0v) is 19.1. The Labute approximate surface area is 188 Å². The topological polar surface area (TPSA) is 111 Å². The highest BCUT2D eigenvalue weighted by Crippen LogP contribution is 2.37. The number of fused-ring (bicyclic) bond motifs is 1. The number of aliphatic carboxylic acids is 1. The van der Waals surface area contributed by atoms with Crippen LogP contribution in [0.5, 0.6) is 0 Å². The van der Waals surface area contributed by atoms with Crippen LogP contribution in [0.15, 0.2) is 41.5 Å². The predicted molar refractivity (Wildman–Crippen MR) is 120 cm³/mol. The number of carboxylic acids is 1. The lowest BCUT2D eigenvalue weighted by molar-refractivity contribution is -0.138. The molecule has 3 aliphatic heterocycles. The van der Waals surface area contributed by atoms with Crippen molar-refractivity contribution in [2.24, 2.45) is 4.99 Å². The fraction of sp³-hybridized carbons (Fsp3) is 0.500. The Morgan fingerprint density at radius 2 is 2.00 bits per heavy atom. The number of benzene rings is 1. The maximum absolute atomic E-state index is 13.2. The molecule has 0 spiro atoms. The van der Waals surface area contributed by atoms with Crippen LogP contribution in [0.4, 0.5) is 4.79 Å². The summed E-state index contributed by atoms with van der Waals surface area (Å²) in [7, 11) is -3.48. The lowest BCUT2D eigenvalue weighted by Gasteiger charge is -2.37. The zero-order valence-electron chi connectivity index (χ0n) is 18.3. The molecule has 0 aliphatic carbocycles. The molecule has 1 aromatic rings. The number of aliphatic imine (C=N–C) groups is 1. The smallest absolute Gasteiger partial charge is 0.327 e. The van der Waals surface area contributed by atoms with Gasteiger partial charge in [0.1, 0.15) is 17.9 Å². The highest BCUT2D eigenvalue weighted by atomic mass is 32.2. The van der Waals surface area contributed by atoms with Crippen LogP contribution in [-0.4, -0.2) is 76.7 Å². The maximum atomic E-state index is 13.2. The van der Waals surface area contributed by atoms with E-state index in [1.807, 2.05) is 44.2 Å². The monoisotopic (exact) mass is 460 g/mol. The summed E-state index contributed by atoms with van der Waals surface area (Å²) in [6.45, 7) is 3.97. The summed E-state index contributed by atoms with van der Waals surface area (Å²) in [5.74, 6) is -0.580. The van der Waals surface area contributed by atoms with Crippen molar-refractivity contribution in [3.63, 3.8) is 0 Å². The van der Waals surface area contributed by atoms with Gasteiger partial charge < -0.3 is 10.0 Å². The molecule has 0 aromatic heterocycles. The first-order chi connectivity index (χ1) is 15.1. The van der Waals surface area contributed by atoms with Gasteiger partial charge in [-0.1, -0.05) is 35.9 Å². The largest absolute Gasteiger partial charge is 0.480 e. The number of nitrogens with zero attached hydrogens (tertiary/aromatic N) is 4. The highest BCUT2D eigenvalue weighted by molar-refractivity contribution is 7.88. The molecule has 2 amide bonds. The van der Waals surface area contributed by atoms with Gasteiger partial charge in [-0.05, 0) is 38.7 Å². The molecule has 1 unspecified atom stereocenters. The van der Waals surface area contributed by atoms with E-state index in [9.17, 15) is 23.1 Å². The number of hydrogen-bond donors (Lipinski definition) is 1. The van der Waals surface area contributed by atoms with Gasteiger partial charge in [0.25, 0.3) is 0 Å². The third-order valence-electron chi connectivity index (χ3n) is 6.47. The minimum Gasteiger partial charge on any atom is -0.480 e. The zero-order chi connectivity index (χ0) is 23.1. The number of urea groups is 1. The van der Waals surface area contributed by atoms with Crippen molar-refractivity contribution in [3.05, 3.63) is 47.7 Å². The minimum atomic E-state index is -3.48. The highest BCUT2D eigenvalue weighted by Gasteiger charge is 2.55. The average Bonchev–Trinajstić information content (AvgIpc) is 2.94. The summed E-state index contributed by atoms with van der Waals surface area (Å²) in [5, 5.41) is 9.31. The van der Waals surface area contributed by atoms with E-state index in [1.54, 1.807) is 11.1 Å². The number of carboxylic acid groups (broad SMARTS) is 1. The molecule has 1 N–H and O–H groups in total. The summed E-state index contributed by atoms with van der Waals surface area (Å²) >= 11 is 0. The predicted octanol–water partition coefficient (Wildman–Crippen LogP) is 2.19. The Kier molecular flexibility index (Phi) is 5.85. The molecular formula is C22H28N4O5S. The van der Waals surface area contributed by atoms with Gasteiger partial charge in [0.2, 0.25) is 10.0 Å². The SMILES string of the molecule is Cc1cccc(CS(=O)(=O)N2CCC(N3C(=O)N(CC(=O)O)C4(C)CC=CN=C34)CC2)c1. The van der Waals surface area contributed by atoms with Crippen molar-refractivity contribution in [2.75, 3.05) is 19.6 Å². The van der Waals surface area contributed by atoms with Crippen molar-refractivity contribution in [2.45, 2.75) is 50.4 Å². The standard InChI is InChI=1S/C22H28N4O5S/c1-16-5-3-6-17(13-16)15-32(30,31)24-11-7-18(8-12-24)26-20-22(2,9-4-10-23-20)25(21(26)29)14-19(27)28/h3-6,10,13,18H,7-9,11-12,14-15H2,1-2H3,(H,27,28). The molecule has 3 heterocycles. The maximum Gasteiger partial charge on any atom is 0.327 e. The number of hydrogen-bond acceptors (Lipinski definition) is 5. The first kappa shape index (κ1) is 22.5. The van der Waals surface area contributed by atoms with Gasteiger partial charge in [0, 0.05) is 25.3 Å². The Balaban J connectivity index is 1.49. The molecule has 4 rings (SSSR count). The Morgan fingerprint density at radius 3 is 2.66 bits per heavy atom. The summed E-state index contributed by atoms with van der Waals surface area (Å²) in [6, 6.07) is 6.87. The average molecular weight is 461 g/mol. The number of amides is 2. The molecule has 10 heteroatoms. The van der Waals surface area contributed by atoms with Gasteiger partial charge in [-0.3, -0.25) is 9.69 Å². The summed E-state index contributed by atoms with van der Waals surface area (Å²) < 4.78 is 27.4. The van der Waals surface area contributed by atoms with E-state index in [2.05, 4.69) is 4.99 Å². The van der Waals surface area contributed by atoms with Crippen LogP contribution in [0.1, 0.15) is 37.3 Å². The first-order valence-corrected chi connectivity index (χ1v) is 12.3. The lowest BCUT2D eigenvalue weighted by Crippen LogP contribution is -2.50. The Morgan fingerprint density at radius 1 is 1.28 bits per heavy atom. The number of rotatable bonds is 6. The molecule has 1 atom stereocenters. The second kappa shape index (κ2) is 8.32. The van der Waals surface area contributed by atoms with Crippen LogP contribution in [0.25, 0.3) is 0 Å². The van der Waals surface area contributed by atoms with E-state index in [1.165, 1.54) is 9.21 Å². The van der Waals surface area contributed by atoms with E-state index in [0.717, 1.165) is 11.1 Å². The number of piperidine rings is 1. The van der Waals surface area contributed by atoms with Gasteiger partial charge in [-0.2, -0.15) is 0 Å². The lowest BCUT2D eigenvalue weighted by atomic mass is 9.92. The van der Waals surface area contributed by atoms with Crippen molar-refractivity contribution in [3.8, 4) is 0 Å². The first-order valence-electron chi connectivity index (χ1n) is 10.7. The summed E-state index contributed by atoms with van der Waals surface area (Å²) in [4.78, 5) is 32.0. The van der Waals surface area contributed by atoms with Gasteiger partial charge in [0.15, 0.2) is 0 Å². The number of amidine groups is 1. The van der Waals surface area contributed by atoms with Crippen molar-refractivity contribution in [1.29, 1.82) is 0 Å². The molecule has 2 fully saturated rings. The Hall–Kier alpha value is -2.72. The van der Waals surface area contributed by atoms with Gasteiger partial charge in [0.05, 0.1) is 5.75 Å². The van der Waals surface area contributed by atoms with E-state index in [0.29, 0.717) is 38.2 Å². The number of carbonyl (C=O) groups excluding carboxylic acids is 1. The van der Waals surface area contributed by atoms with Crippen LogP contribution in [0.2, 0.25) is 0 Å². The number of aryl methyl sites for hydroxylation is 1. The van der Waals surface area contributed by atoms with Crippen LogP contribution >= 0.6 is 0 Å². The van der Waals surface area contributed by atoms with Gasteiger partial charge in [-0.25, -0.2) is 22.5 Å². The molecule has 32 heavy (non-hydrogen) atoms. The van der Waals surface area contributed by atoms with Crippen molar-refractivity contribution < 1.29 is 23.1 Å². The molecule has 0 bridgehead atoms. The van der Waals surface area contributed by atoms with E-state index >= 15 is 0 Å². The molecule has 0 saturated carbocycles. The van der Waals surface area contributed by atoms with Crippen LogP contribution < -0.4 is 0 Å². The fourth-order valence-electron chi connectivity index (χ4n) is 4.81. The van der Waals surface area contributed by atoms with Crippen molar-refractivity contribution >= 4 is 27.9 Å². The van der Waals surface area contributed by atoms with Crippen LogP contribution in [0, 0.1) is 6.92 Å². The minimum absolute atomic E-state index is 0.0516. The number of sulfonamides is 1. The van der Waals surface area contributed by atoms with Crippen LogP contribution in [0.3, 0.4) is 0 Å². The molecule has 172 valence electrons. The summed E-state index contributed by atoms with van der Waals surface area (Å²) in [6.07, 6.45) is 4.90. The normalized spacial score (nSPS) is 24.6.